The number of likely N-dealkylation sites (tertiary alicyclic amines) is 2. The molecule has 6 heterocycles. The molecule has 2 aromatic rings. The zero-order valence-corrected chi connectivity index (χ0v) is 26.3. The van der Waals surface area contributed by atoms with Gasteiger partial charge in [-0.05, 0) is 80.8 Å². The predicted molar refractivity (Wildman–Crippen MR) is 165 cm³/mol. The predicted octanol–water partition coefficient (Wildman–Crippen LogP) is 6.14. The minimum atomic E-state index is 0.424. The van der Waals surface area contributed by atoms with Gasteiger partial charge in [0, 0.05) is 70.4 Å². The van der Waals surface area contributed by atoms with Crippen LogP contribution in [0.3, 0.4) is 0 Å². The van der Waals surface area contributed by atoms with E-state index in [-0.39, 0.29) is 0 Å². The van der Waals surface area contributed by atoms with Crippen molar-refractivity contribution in [3.8, 4) is 0 Å². The summed E-state index contributed by atoms with van der Waals surface area (Å²) in [6.45, 7) is 19.1. The topological polar surface area (TPSA) is 60.0 Å². The van der Waals surface area contributed by atoms with Gasteiger partial charge >= 0.3 is 0 Å². The Labute approximate surface area is 249 Å². The summed E-state index contributed by atoms with van der Waals surface area (Å²) in [6, 6.07) is 10.8. The smallest absolute Gasteiger partial charge is 0.0825 e. The third-order valence-corrected chi connectivity index (χ3v) is 8.45. The third-order valence-electron chi connectivity index (χ3n) is 8.45. The molecule has 0 amide bonds. The highest BCUT2D eigenvalue weighted by Crippen LogP contribution is 2.30. The molecule has 4 aliphatic heterocycles. The summed E-state index contributed by atoms with van der Waals surface area (Å²) in [6.07, 6.45) is 6.81. The fraction of sp³-hybridized carbons (Fsp3) is 0.706. The molecule has 6 rings (SSSR count). The maximum atomic E-state index is 5.57. The van der Waals surface area contributed by atoms with Crippen LogP contribution in [0.4, 0.5) is 0 Å². The zero-order chi connectivity index (χ0) is 29.0. The van der Waals surface area contributed by atoms with Crippen LogP contribution in [0.2, 0.25) is 0 Å². The van der Waals surface area contributed by atoms with Crippen molar-refractivity contribution < 1.29 is 14.2 Å². The molecule has 1 atom stereocenters. The fourth-order valence-corrected chi connectivity index (χ4v) is 5.73. The molecule has 1 unspecified atom stereocenters. The van der Waals surface area contributed by atoms with E-state index in [4.69, 9.17) is 19.2 Å². The molecule has 0 saturated carbocycles. The Morgan fingerprint density at radius 2 is 1.51 bits per heavy atom. The Balaban J connectivity index is 0.000000164. The quantitative estimate of drug-likeness (QED) is 0.381. The molecule has 7 heteroatoms. The molecule has 0 radical (unpaired) electrons. The number of aromatic nitrogens is 2. The van der Waals surface area contributed by atoms with Crippen LogP contribution in [-0.4, -0.2) is 85.6 Å². The van der Waals surface area contributed by atoms with Gasteiger partial charge < -0.3 is 14.2 Å². The minimum Gasteiger partial charge on any atom is -0.381 e. The second kappa shape index (κ2) is 16.7. The second-order valence-corrected chi connectivity index (χ2v) is 12.6. The van der Waals surface area contributed by atoms with Gasteiger partial charge in [-0.15, -0.1) is 0 Å². The van der Waals surface area contributed by atoms with E-state index in [2.05, 4.69) is 72.8 Å². The Kier molecular flexibility index (Phi) is 13.0. The van der Waals surface area contributed by atoms with Crippen molar-refractivity contribution in [2.45, 2.75) is 96.7 Å². The molecule has 4 fully saturated rings. The van der Waals surface area contributed by atoms with Crippen LogP contribution >= 0.6 is 0 Å². The summed E-state index contributed by atoms with van der Waals surface area (Å²) in [7, 11) is 1.78. The van der Waals surface area contributed by atoms with Gasteiger partial charge in [-0.2, -0.15) is 0 Å². The lowest BCUT2D eigenvalue weighted by atomic mass is 9.95. The number of hydrogen-bond acceptors (Lipinski definition) is 7. The van der Waals surface area contributed by atoms with E-state index in [0.717, 1.165) is 59.0 Å². The van der Waals surface area contributed by atoms with E-state index in [1.165, 1.54) is 67.1 Å². The number of ether oxygens (including phenoxy) is 3. The summed E-state index contributed by atoms with van der Waals surface area (Å²) in [5, 5.41) is 0. The lowest BCUT2D eigenvalue weighted by Crippen LogP contribution is -2.51. The van der Waals surface area contributed by atoms with Gasteiger partial charge in [0.15, 0.2) is 0 Å². The minimum absolute atomic E-state index is 0.424. The van der Waals surface area contributed by atoms with Crippen LogP contribution in [0.15, 0.2) is 30.3 Å². The number of nitrogens with zero attached hydrogens (tertiary/aromatic N) is 4. The second-order valence-electron chi connectivity index (χ2n) is 12.6. The van der Waals surface area contributed by atoms with Gasteiger partial charge in [0.1, 0.15) is 0 Å². The molecule has 7 nitrogen and oxygen atoms in total. The number of rotatable bonds is 8. The van der Waals surface area contributed by atoms with E-state index in [1.54, 1.807) is 7.11 Å². The van der Waals surface area contributed by atoms with Crippen molar-refractivity contribution in [3.63, 3.8) is 0 Å². The highest BCUT2D eigenvalue weighted by molar-refractivity contribution is 5.29. The molecule has 41 heavy (non-hydrogen) atoms. The van der Waals surface area contributed by atoms with Crippen molar-refractivity contribution in [2.75, 3.05) is 59.7 Å². The summed E-state index contributed by atoms with van der Waals surface area (Å²) in [4.78, 5) is 14.6. The fourth-order valence-electron chi connectivity index (χ4n) is 5.73. The van der Waals surface area contributed by atoms with E-state index in [0.29, 0.717) is 23.9 Å². The van der Waals surface area contributed by atoms with E-state index in [9.17, 15) is 0 Å². The average molecular weight is 567 g/mol. The van der Waals surface area contributed by atoms with E-state index in [1.807, 2.05) is 0 Å². The van der Waals surface area contributed by atoms with E-state index < -0.39 is 0 Å². The molecular weight excluding hydrogens is 512 g/mol. The molecule has 4 saturated heterocycles. The van der Waals surface area contributed by atoms with Crippen LogP contribution in [0, 0.1) is 0 Å². The molecule has 0 aromatic carbocycles. The van der Waals surface area contributed by atoms with Crippen LogP contribution in [0.1, 0.15) is 106 Å². The first-order chi connectivity index (χ1) is 19.9. The Morgan fingerprint density at radius 1 is 0.805 bits per heavy atom. The first-order valence-corrected chi connectivity index (χ1v) is 16.0. The Hall–Kier alpha value is -1.90. The number of methoxy groups -OCH3 is 1. The largest absolute Gasteiger partial charge is 0.381 e. The van der Waals surface area contributed by atoms with Gasteiger partial charge in [0.05, 0.1) is 24.1 Å². The number of hydrogen-bond donors (Lipinski definition) is 0. The molecular formula is C34H54N4O3. The SMILES string of the molecule is C1CCOC1.CC(C)c1ccc(C2CCOC2)c(CN2CCCC2)n1.COC1CN(Cc2cccc(C(C)C)n2)C1. The normalized spacial score (nSPS) is 21.5. The Morgan fingerprint density at radius 3 is 2.10 bits per heavy atom. The summed E-state index contributed by atoms with van der Waals surface area (Å²) in [5.41, 5.74) is 6.30. The summed E-state index contributed by atoms with van der Waals surface area (Å²) >= 11 is 0. The van der Waals surface area contributed by atoms with Crippen LogP contribution in [0.5, 0.6) is 0 Å². The lowest BCUT2D eigenvalue weighted by molar-refractivity contribution is -0.0339. The maximum absolute atomic E-state index is 5.57. The lowest BCUT2D eigenvalue weighted by Gasteiger charge is -2.37. The molecule has 0 N–H and O–H groups in total. The first kappa shape index (κ1) is 32.0. The maximum Gasteiger partial charge on any atom is 0.0825 e. The first-order valence-electron chi connectivity index (χ1n) is 16.0. The molecule has 2 aromatic heterocycles. The molecule has 0 aliphatic carbocycles. The monoisotopic (exact) mass is 566 g/mol. The van der Waals surface area contributed by atoms with Crippen LogP contribution in [0.25, 0.3) is 0 Å². The van der Waals surface area contributed by atoms with Crippen molar-refractivity contribution >= 4 is 0 Å². The van der Waals surface area contributed by atoms with Crippen molar-refractivity contribution in [1.29, 1.82) is 0 Å². The zero-order valence-electron chi connectivity index (χ0n) is 26.3. The average Bonchev–Trinajstić information content (AvgIpc) is 3.76. The van der Waals surface area contributed by atoms with Gasteiger partial charge in [0.25, 0.3) is 0 Å². The number of pyridine rings is 2. The molecule has 4 aliphatic rings. The van der Waals surface area contributed by atoms with Gasteiger partial charge in [0.2, 0.25) is 0 Å². The standard InChI is InChI=1S/C17H26N2O.C13H20N2O.C4H8O/c1-13(2)16-6-5-15(14-7-10-20-12-14)17(18-16)11-19-8-3-4-9-19;1-10(2)13-6-4-5-11(14-13)7-15-8-12(9-15)16-3;1-2-4-5-3-1/h5-6,13-14H,3-4,7-12H2,1-2H3;4-6,10,12H,7-9H2,1-3H3;1-4H2. The molecule has 0 spiro atoms. The molecule has 228 valence electrons. The summed E-state index contributed by atoms with van der Waals surface area (Å²) < 4.78 is 15.8. The molecule has 0 bridgehead atoms. The van der Waals surface area contributed by atoms with Crippen molar-refractivity contribution in [1.82, 2.24) is 19.8 Å². The Bertz CT molecular complexity index is 1020. The highest BCUT2D eigenvalue weighted by atomic mass is 16.5. The van der Waals surface area contributed by atoms with Gasteiger partial charge in [-0.3, -0.25) is 19.8 Å². The van der Waals surface area contributed by atoms with Crippen LogP contribution < -0.4 is 0 Å². The van der Waals surface area contributed by atoms with Crippen molar-refractivity contribution in [2.24, 2.45) is 0 Å². The van der Waals surface area contributed by atoms with E-state index >= 15 is 0 Å². The van der Waals surface area contributed by atoms with Crippen LogP contribution in [-0.2, 0) is 27.3 Å². The van der Waals surface area contributed by atoms with Gasteiger partial charge in [-0.25, -0.2) is 0 Å². The highest BCUT2D eigenvalue weighted by Gasteiger charge is 2.26. The van der Waals surface area contributed by atoms with Gasteiger partial charge in [-0.1, -0.05) is 39.8 Å². The third kappa shape index (κ3) is 10.1. The van der Waals surface area contributed by atoms with Crippen molar-refractivity contribution in [3.05, 3.63) is 58.7 Å². The summed E-state index contributed by atoms with van der Waals surface area (Å²) in [5.74, 6) is 1.56.